The van der Waals surface area contributed by atoms with Gasteiger partial charge in [0, 0.05) is 28.6 Å². The number of hydrogen-bond donors (Lipinski definition) is 0. The standard InChI is InChI=1S/C26H22ClN5O4/c27-19-10-12-23(36-24-13-11-20(16-28-24)32(34)35)18(14-19)15-29-31-25(17-6-2-1-3-7-17)30-22-9-5-4-8-21(22)26(31)33/h4-5,8-17H,1-3,6-7H2. The van der Waals surface area contributed by atoms with Crippen LogP contribution in [0.5, 0.6) is 11.6 Å². The summed E-state index contributed by atoms with van der Waals surface area (Å²) in [7, 11) is 0. The number of ether oxygens (including phenoxy) is 1. The number of fused-ring (bicyclic) bond motifs is 1. The highest BCUT2D eigenvalue weighted by Crippen LogP contribution is 2.32. The number of benzene rings is 2. The summed E-state index contributed by atoms with van der Waals surface area (Å²) < 4.78 is 7.23. The van der Waals surface area contributed by atoms with Crippen LogP contribution in [0.15, 0.2) is 70.7 Å². The van der Waals surface area contributed by atoms with E-state index in [9.17, 15) is 14.9 Å². The lowest BCUT2D eigenvalue weighted by molar-refractivity contribution is -0.385. The SMILES string of the molecule is O=c1c2ccccc2nc(C2CCCCC2)n1N=Cc1cc(Cl)ccc1Oc1ccc([N+](=O)[O-])cn1. The molecule has 2 aromatic heterocycles. The van der Waals surface area contributed by atoms with Crippen LogP contribution >= 0.6 is 11.6 Å². The molecule has 0 spiro atoms. The first-order valence-corrected chi connectivity index (χ1v) is 12.0. The van der Waals surface area contributed by atoms with Gasteiger partial charge in [-0.1, -0.05) is 43.0 Å². The van der Waals surface area contributed by atoms with Crippen molar-refractivity contribution in [2.75, 3.05) is 0 Å². The van der Waals surface area contributed by atoms with Gasteiger partial charge in [-0.25, -0.2) is 9.97 Å². The van der Waals surface area contributed by atoms with Crippen molar-refractivity contribution in [2.45, 2.75) is 38.0 Å². The van der Waals surface area contributed by atoms with E-state index < -0.39 is 4.92 Å². The summed E-state index contributed by atoms with van der Waals surface area (Å²) in [4.78, 5) is 32.6. The quantitative estimate of drug-likeness (QED) is 0.179. The fourth-order valence-electron chi connectivity index (χ4n) is 4.36. The molecule has 1 aliphatic rings. The van der Waals surface area contributed by atoms with Gasteiger partial charge in [-0.05, 0) is 43.2 Å². The van der Waals surface area contributed by atoms with Gasteiger partial charge in [-0.2, -0.15) is 9.78 Å². The number of hydrogen-bond acceptors (Lipinski definition) is 7. The monoisotopic (exact) mass is 503 g/mol. The topological polar surface area (TPSA) is 113 Å². The Bertz CT molecular complexity index is 1510. The molecule has 1 aliphatic carbocycles. The van der Waals surface area contributed by atoms with E-state index in [0.29, 0.717) is 33.1 Å². The second kappa shape index (κ2) is 10.2. The van der Waals surface area contributed by atoms with Crippen molar-refractivity contribution in [3.63, 3.8) is 0 Å². The van der Waals surface area contributed by atoms with Crippen LogP contribution in [0.4, 0.5) is 5.69 Å². The molecule has 10 heteroatoms. The van der Waals surface area contributed by atoms with Crippen LogP contribution in [0.2, 0.25) is 5.02 Å². The summed E-state index contributed by atoms with van der Waals surface area (Å²) in [5, 5.41) is 16.4. The lowest BCUT2D eigenvalue weighted by Gasteiger charge is -2.22. The third-order valence-corrected chi connectivity index (χ3v) is 6.41. The van der Waals surface area contributed by atoms with Crippen molar-refractivity contribution in [3.05, 3.63) is 97.7 Å². The number of rotatable bonds is 6. The van der Waals surface area contributed by atoms with Crippen molar-refractivity contribution >= 4 is 34.4 Å². The second-order valence-electron chi connectivity index (χ2n) is 8.58. The Morgan fingerprint density at radius 1 is 1.11 bits per heavy atom. The number of nitro groups is 1. The smallest absolute Gasteiger partial charge is 0.287 e. The van der Waals surface area contributed by atoms with Crippen LogP contribution in [-0.4, -0.2) is 25.8 Å². The molecule has 2 heterocycles. The molecule has 0 aliphatic heterocycles. The molecular formula is C26H22ClN5O4. The lowest BCUT2D eigenvalue weighted by atomic mass is 9.88. The number of aromatic nitrogens is 3. The molecule has 0 unspecified atom stereocenters. The normalized spacial score (nSPS) is 14.4. The Morgan fingerprint density at radius 3 is 2.67 bits per heavy atom. The second-order valence-corrected chi connectivity index (χ2v) is 9.02. The van der Waals surface area contributed by atoms with Gasteiger partial charge in [-0.3, -0.25) is 14.9 Å². The van der Waals surface area contributed by atoms with Gasteiger partial charge in [0.2, 0.25) is 5.88 Å². The van der Waals surface area contributed by atoms with Crippen LogP contribution in [0.1, 0.15) is 49.4 Å². The molecule has 1 fully saturated rings. The predicted octanol–water partition coefficient (Wildman–Crippen LogP) is 6.08. The van der Waals surface area contributed by atoms with Gasteiger partial charge in [0.15, 0.2) is 0 Å². The molecule has 0 saturated heterocycles. The Morgan fingerprint density at radius 2 is 1.92 bits per heavy atom. The highest BCUT2D eigenvalue weighted by atomic mass is 35.5. The zero-order chi connectivity index (χ0) is 25.1. The first kappa shape index (κ1) is 23.6. The van der Waals surface area contributed by atoms with Gasteiger partial charge in [0.25, 0.3) is 11.2 Å². The molecule has 5 rings (SSSR count). The van der Waals surface area contributed by atoms with Gasteiger partial charge in [0.05, 0.1) is 22.0 Å². The van der Waals surface area contributed by atoms with Crippen molar-refractivity contribution in [1.82, 2.24) is 14.6 Å². The van der Waals surface area contributed by atoms with Gasteiger partial charge < -0.3 is 4.74 Å². The molecule has 0 radical (unpaired) electrons. The third-order valence-electron chi connectivity index (χ3n) is 6.18. The van der Waals surface area contributed by atoms with Crippen LogP contribution in [0.25, 0.3) is 10.9 Å². The van der Waals surface area contributed by atoms with Gasteiger partial charge in [-0.15, -0.1) is 0 Å². The average Bonchev–Trinajstić information content (AvgIpc) is 2.90. The van der Waals surface area contributed by atoms with Crippen LogP contribution in [0.3, 0.4) is 0 Å². The van der Waals surface area contributed by atoms with Crippen LogP contribution < -0.4 is 10.3 Å². The zero-order valence-electron chi connectivity index (χ0n) is 19.2. The largest absolute Gasteiger partial charge is 0.438 e. The maximum absolute atomic E-state index is 13.4. The fraction of sp³-hybridized carbons (Fsp3) is 0.231. The van der Waals surface area contributed by atoms with E-state index >= 15 is 0 Å². The minimum Gasteiger partial charge on any atom is -0.438 e. The summed E-state index contributed by atoms with van der Waals surface area (Å²) >= 11 is 6.23. The molecule has 0 amide bonds. The fourth-order valence-corrected chi connectivity index (χ4v) is 4.54. The Kier molecular flexibility index (Phi) is 6.73. The summed E-state index contributed by atoms with van der Waals surface area (Å²) in [6.07, 6.45) is 7.90. The molecule has 4 aromatic rings. The molecule has 36 heavy (non-hydrogen) atoms. The molecule has 0 bridgehead atoms. The minimum atomic E-state index is -0.531. The van der Waals surface area contributed by atoms with E-state index in [0.717, 1.165) is 31.9 Å². The first-order chi connectivity index (χ1) is 17.5. The lowest BCUT2D eigenvalue weighted by Crippen LogP contribution is -2.25. The summed E-state index contributed by atoms with van der Waals surface area (Å²) in [6, 6.07) is 14.9. The number of halogens is 1. The Labute approximate surface area is 211 Å². The molecule has 9 nitrogen and oxygen atoms in total. The van der Waals surface area contributed by atoms with Crippen LogP contribution in [-0.2, 0) is 0 Å². The van der Waals surface area contributed by atoms with E-state index in [1.165, 1.54) is 29.4 Å². The number of pyridine rings is 1. The van der Waals surface area contributed by atoms with E-state index in [2.05, 4.69) is 10.1 Å². The minimum absolute atomic E-state index is 0.140. The van der Waals surface area contributed by atoms with E-state index in [1.807, 2.05) is 12.1 Å². The van der Waals surface area contributed by atoms with Crippen molar-refractivity contribution in [3.8, 4) is 11.6 Å². The molecule has 2 aromatic carbocycles. The molecule has 1 saturated carbocycles. The molecule has 0 N–H and O–H groups in total. The summed E-state index contributed by atoms with van der Waals surface area (Å²) in [5.74, 6) is 1.35. The highest BCUT2D eigenvalue weighted by molar-refractivity contribution is 6.30. The first-order valence-electron chi connectivity index (χ1n) is 11.6. The maximum atomic E-state index is 13.4. The third kappa shape index (κ3) is 4.96. The highest BCUT2D eigenvalue weighted by Gasteiger charge is 2.22. The average molecular weight is 504 g/mol. The van der Waals surface area contributed by atoms with Crippen molar-refractivity contribution in [1.29, 1.82) is 0 Å². The summed E-state index contributed by atoms with van der Waals surface area (Å²) in [6.45, 7) is 0. The number of para-hydroxylation sites is 1. The zero-order valence-corrected chi connectivity index (χ0v) is 20.0. The Hall–Kier alpha value is -4.11. The number of nitrogens with zero attached hydrogens (tertiary/aromatic N) is 5. The van der Waals surface area contributed by atoms with Crippen molar-refractivity contribution < 1.29 is 9.66 Å². The molecular weight excluding hydrogens is 482 g/mol. The summed E-state index contributed by atoms with van der Waals surface area (Å²) in [5.41, 5.74) is 0.792. The van der Waals surface area contributed by atoms with Crippen molar-refractivity contribution in [2.24, 2.45) is 5.10 Å². The van der Waals surface area contributed by atoms with Crippen LogP contribution in [0, 0.1) is 10.1 Å². The van der Waals surface area contributed by atoms with E-state index in [-0.39, 0.29) is 23.0 Å². The van der Waals surface area contributed by atoms with Gasteiger partial charge >= 0.3 is 0 Å². The van der Waals surface area contributed by atoms with Gasteiger partial charge in [0.1, 0.15) is 17.8 Å². The molecule has 182 valence electrons. The maximum Gasteiger partial charge on any atom is 0.287 e. The predicted molar refractivity (Wildman–Crippen MR) is 137 cm³/mol. The van der Waals surface area contributed by atoms with E-state index in [4.69, 9.17) is 21.3 Å². The van der Waals surface area contributed by atoms with E-state index in [1.54, 1.807) is 30.3 Å². The Balaban J connectivity index is 1.54. The molecule has 0 atom stereocenters.